The van der Waals surface area contributed by atoms with Crippen LogP contribution in [0.1, 0.15) is 0 Å². The Morgan fingerprint density at radius 2 is 2.50 bits per heavy atom. The smallest absolute Gasteiger partial charge is 0.127 e. The summed E-state index contributed by atoms with van der Waals surface area (Å²) in [7, 11) is 1.86. The summed E-state index contributed by atoms with van der Waals surface area (Å²) in [6.07, 6.45) is 1.67. The van der Waals surface area contributed by atoms with E-state index in [1.54, 1.807) is 10.9 Å². The van der Waals surface area contributed by atoms with Gasteiger partial charge in [-0.1, -0.05) is 0 Å². The summed E-state index contributed by atoms with van der Waals surface area (Å²) in [5.74, 6) is 0. The van der Waals surface area contributed by atoms with Crippen LogP contribution < -0.4 is 4.68 Å². The number of aromatic nitrogens is 3. The molecule has 0 saturated carbocycles. The van der Waals surface area contributed by atoms with Gasteiger partial charge in [-0.2, -0.15) is 0 Å². The molecule has 0 aliphatic heterocycles. The molecule has 0 aromatic carbocycles. The van der Waals surface area contributed by atoms with Crippen LogP contribution in [0.3, 0.4) is 0 Å². The van der Waals surface area contributed by atoms with Crippen molar-refractivity contribution in [3.8, 4) is 0 Å². The third-order valence-corrected chi connectivity index (χ3v) is 1.83. The lowest BCUT2D eigenvalue weighted by atomic mass is 10.7. The minimum Gasteiger partial charge on any atom is -0.127 e. The maximum Gasteiger partial charge on any atom is 0.190 e. The van der Waals surface area contributed by atoms with Crippen molar-refractivity contribution in [2.75, 3.05) is 0 Å². The molecule has 0 spiro atoms. The molecule has 0 N–H and O–H groups in total. The Balaban J connectivity index is 3.13. The maximum atomic E-state index is 3.74. The molecule has 0 aliphatic rings. The van der Waals surface area contributed by atoms with Crippen LogP contribution in [0, 0.1) is 3.70 Å². The molecule has 0 atom stereocenters. The second-order valence-corrected chi connectivity index (χ2v) is 2.47. The van der Waals surface area contributed by atoms with Gasteiger partial charge >= 0.3 is 0 Å². The minimum atomic E-state index is 1.08. The van der Waals surface area contributed by atoms with Crippen molar-refractivity contribution in [3.63, 3.8) is 0 Å². The molecule has 4 heteroatoms. The van der Waals surface area contributed by atoms with Crippen LogP contribution in [0.4, 0.5) is 0 Å². The van der Waals surface area contributed by atoms with Gasteiger partial charge in [0.1, 0.15) is 12.3 Å². The number of hydrogen-bond donors (Lipinski definition) is 0. The van der Waals surface area contributed by atoms with Crippen LogP contribution in [0.15, 0.2) is 12.3 Å². The van der Waals surface area contributed by atoms with Gasteiger partial charge in [0.25, 0.3) is 0 Å². The first kappa shape index (κ1) is 5.87. The van der Waals surface area contributed by atoms with Gasteiger partial charge in [0, 0.05) is 28.7 Å². The molecule has 3 nitrogen and oxygen atoms in total. The van der Waals surface area contributed by atoms with E-state index in [-0.39, 0.29) is 0 Å². The topological polar surface area (TPSA) is 29.7 Å². The maximum absolute atomic E-state index is 3.74. The highest BCUT2D eigenvalue weighted by Gasteiger charge is 1.95. The summed E-state index contributed by atoms with van der Waals surface area (Å²) in [6.45, 7) is 0. The van der Waals surface area contributed by atoms with Gasteiger partial charge in [0.2, 0.25) is 0 Å². The van der Waals surface area contributed by atoms with Gasteiger partial charge in [0.05, 0.1) is 5.10 Å². The highest BCUT2D eigenvalue weighted by molar-refractivity contribution is 14.1. The van der Waals surface area contributed by atoms with Crippen molar-refractivity contribution in [2.24, 2.45) is 7.05 Å². The molecular weight excluding hydrogens is 217 g/mol. The van der Waals surface area contributed by atoms with Crippen molar-refractivity contribution in [1.82, 2.24) is 10.3 Å². The summed E-state index contributed by atoms with van der Waals surface area (Å²) >= 11 is 2.18. The zero-order valence-corrected chi connectivity index (χ0v) is 6.53. The molecule has 0 radical (unpaired) electrons. The van der Waals surface area contributed by atoms with Crippen molar-refractivity contribution in [1.29, 1.82) is 0 Å². The lowest BCUT2D eigenvalue weighted by Crippen LogP contribution is -2.37. The van der Waals surface area contributed by atoms with E-state index in [1.165, 1.54) is 0 Å². The monoisotopic (exact) mass is 222 g/mol. The number of nitrogens with zero attached hydrogens (tertiary/aromatic N) is 3. The fraction of sp³-hybridized carbons (Fsp3) is 0.250. The van der Waals surface area contributed by atoms with Crippen molar-refractivity contribution in [2.45, 2.75) is 0 Å². The van der Waals surface area contributed by atoms with E-state index in [9.17, 15) is 0 Å². The number of hydrogen-bond acceptors (Lipinski definition) is 2. The second kappa shape index (κ2) is 2.34. The van der Waals surface area contributed by atoms with Crippen molar-refractivity contribution < 1.29 is 4.68 Å². The zero-order chi connectivity index (χ0) is 5.98. The van der Waals surface area contributed by atoms with Gasteiger partial charge in [-0.25, -0.2) is 0 Å². The summed E-state index contributed by atoms with van der Waals surface area (Å²) in [5, 5.41) is 7.39. The van der Waals surface area contributed by atoms with Gasteiger partial charge in [-0.15, -0.1) is 4.68 Å². The average molecular weight is 222 g/mol. The first-order valence-electron chi connectivity index (χ1n) is 2.14. The van der Waals surface area contributed by atoms with Crippen LogP contribution in [-0.4, -0.2) is 10.3 Å². The van der Waals surface area contributed by atoms with Crippen LogP contribution >= 0.6 is 22.6 Å². The second-order valence-electron chi connectivity index (χ2n) is 1.37. The lowest BCUT2D eigenvalue weighted by Gasteiger charge is -1.83. The fourth-order valence-electron chi connectivity index (χ4n) is 0.353. The average Bonchev–Trinajstić information content (AvgIpc) is 1.77. The molecule has 1 rings (SSSR count). The molecule has 0 fully saturated rings. The summed E-state index contributed by atoms with van der Waals surface area (Å²) in [6, 6.07) is 1.90. The Morgan fingerprint density at radius 1 is 1.75 bits per heavy atom. The quantitative estimate of drug-likeness (QED) is 0.453. The summed E-state index contributed by atoms with van der Waals surface area (Å²) in [4.78, 5) is 0. The minimum absolute atomic E-state index is 1.08. The first-order valence-corrected chi connectivity index (χ1v) is 3.22. The van der Waals surface area contributed by atoms with E-state index in [0.29, 0.717) is 0 Å². The van der Waals surface area contributed by atoms with E-state index in [4.69, 9.17) is 0 Å². The molecule has 0 unspecified atom stereocenters. The van der Waals surface area contributed by atoms with Crippen LogP contribution in [0.2, 0.25) is 0 Å². The SMILES string of the molecule is C[n+]1nnccc1I. The molecule has 0 bridgehead atoms. The van der Waals surface area contributed by atoms with Crippen molar-refractivity contribution >= 4 is 22.6 Å². The number of aryl methyl sites for hydroxylation is 1. The molecule has 1 heterocycles. The molecule has 8 heavy (non-hydrogen) atoms. The third kappa shape index (κ3) is 1.12. The molecule has 0 saturated heterocycles. The molecule has 42 valence electrons. The van der Waals surface area contributed by atoms with E-state index < -0.39 is 0 Å². The molecule has 0 amide bonds. The Kier molecular flexibility index (Phi) is 1.72. The normalized spacial score (nSPS) is 9.25. The number of halogens is 1. The van der Waals surface area contributed by atoms with Crippen LogP contribution in [0.25, 0.3) is 0 Å². The Hall–Kier alpha value is -0.260. The standard InChI is InChI=1S/C4H5IN3/c1-8-4(5)2-3-6-7-8/h2-3H,1H3/q+1. The highest BCUT2D eigenvalue weighted by Crippen LogP contribution is 1.89. The van der Waals surface area contributed by atoms with Gasteiger partial charge in [-0.05, 0) is 0 Å². The zero-order valence-electron chi connectivity index (χ0n) is 4.37. The Labute approximate surface area is 60.9 Å². The third-order valence-electron chi connectivity index (χ3n) is 0.774. The molecule has 1 aromatic heterocycles. The van der Waals surface area contributed by atoms with E-state index in [2.05, 4.69) is 32.9 Å². The van der Waals surface area contributed by atoms with Gasteiger partial charge in [0.15, 0.2) is 9.90 Å². The van der Waals surface area contributed by atoms with E-state index in [1.807, 2.05) is 13.1 Å². The van der Waals surface area contributed by atoms with E-state index >= 15 is 0 Å². The highest BCUT2D eigenvalue weighted by atomic mass is 127. The first-order chi connectivity index (χ1) is 3.80. The van der Waals surface area contributed by atoms with E-state index in [0.717, 1.165) is 3.70 Å². The fourth-order valence-corrected chi connectivity index (χ4v) is 0.610. The van der Waals surface area contributed by atoms with Gasteiger partial charge < -0.3 is 0 Å². The van der Waals surface area contributed by atoms with Crippen molar-refractivity contribution in [3.05, 3.63) is 16.0 Å². The Bertz CT molecular complexity index is 167. The molecule has 0 aliphatic carbocycles. The molecule has 1 aromatic rings. The largest absolute Gasteiger partial charge is 0.190 e. The molecular formula is C4H5IN3+. The summed E-state index contributed by atoms with van der Waals surface area (Å²) in [5.41, 5.74) is 0. The predicted molar refractivity (Wildman–Crippen MR) is 35.9 cm³/mol. The lowest BCUT2D eigenvalue weighted by molar-refractivity contribution is -0.748. The Morgan fingerprint density at radius 3 is 2.88 bits per heavy atom. The predicted octanol–water partition coefficient (Wildman–Crippen LogP) is -0.0943. The van der Waals surface area contributed by atoms with Gasteiger partial charge in [-0.3, -0.25) is 0 Å². The van der Waals surface area contributed by atoms with Crippen LogP contribution in [-0.2, 0) is 7.05 Å². The summed E-state index contributed by atoms with van der Waals surface area (Å²) < 4.78 is 2.79. The van der Waals surface area contributed by atoms with Crippen LogP contribution in [0.5, 0.6) is 0 Å². The number of rotatable bonds is 0.